The highest BCUT2D eigenvalue weighted by atomic mass is 16.3. The Kier molecular flexibility index (Phi) is 2.00. The van der Waals surface area contributed by atoms with Crippen molar-refractivity contribution in [2.45, 2.75) is 32.9 Å². The standard InChI is InChI=1S/C8H14N2O/c1-4-5(2)8(9)10-6(3)7(4)11/h6-7,11H,1-3H3,(H2,9,10). The van der Waals surface area contributed by atoms with Gasteiger partial charge >= 0.3 is 0 Å². The Hall–Kier alpha value is -0.830. The zero-order valence-electron chi connectivity index (χ0n) is 7.13. The molecule has 0 saturated carbocycles. The number of amidine groups is 1. The molecule has 0 aromatic heterocycles. The van der Waals surface area contributed by atoms with Gasteiger partial charge in [0.15, 0.2) is 0 Å². The highest BCUT2D eigenvalue weighted by Gasteiger charge is 2.22. The van der Waals surface area contributed by atoms with Crippen LogP contribution in [0.1, 0.15) is 20.8 Å². The zero-order valence-corrected chi connectivity index (χ0v) is 7.13. The predicted octanol–water partition coefficient (Wildman–Crippen LogP) is 0.443. The first-order chi connectivity index (χ1) is 5.04. The molecular formula is C8H14N2O. The molecule has 0 aliphatic carbocycles. The normalized spacial score (nSPS) is 32.2. The third-order valence-corrected chi connectivity index (χ3v) is 2.22. The molecule has 11 heavy (non-hydrogen) atoms. The van der Waals surface area contributed by atoms with E-state index in [2.05, 4.69) is 4.99 Å². The van der Waals surface area contributed by atoms with E-state index in [4.69, 9.17) is 5.73 Å². The van der Waals surface area contributed by atoms with Gasteiger partial charge in [0.2, 0.25) is 0 Å². The molecule has 0 saturated heterocycles. The molecule has 0 spiro atoms. The van der Waals surface area contributed by atoms with Crippen molar-refractivity contribution in [1.29, 1.82) is 0 Å². The molecule has 1 rings (SSSR count). The summed E-state index contributed by atoms with van der Waals surface area (Å²) in [6.07, 6.45) is -0.456. The van der Waals surface area contributed by atoms with Crippen LogP contribution >= 0.6 is 0 Å². The number of dihydropyridines is 1. The summed E-state index contributed by atoms with van der Waals surface area (Å²) >= 11 is 0. The predicted molar refractivity (Wildman–Crippen MR) is 45.5 cm³/mol. The molecule has 0 aromatic carbocycles. The topological polar surface area (TPSA) is 58.6 Å². The number of nitrogens with two attached hydrogens (primary N) is 1. The van der Waals surface area contributed by atoms with E-state index >= 15 is 0 Å². The molecule has 3 nitrogen and oxygen atoms in total. The Morgan fingerprint density at radius 1 is 1.45 bits per heavy atom. The Morgan fingerprint density at radius 3 is 2.55 bits per heavy atom. The van der Waals surface area contributed by atoms with Gasteiger partial charge in [0.05, 0.1) is 12.1 Å². The Morgan fingerprint density at radius 2 is 2.00 bits per heavy atom. The van der Waals surface area contributed by atoms with Crippen LogP contribution in [0.2, 0.25) is 0 Å². The third kappa shape index (κ3) is 1.28. The van der Waals surface area contributed by atoms with Crippen molar-refractivity contribution in [3.63, 3.8) is 0 Å². The van der Waals surface area contributed by atoms with Crippen molar-refractivity contribution in [2.24, 2.45) is 10.7 Å². The van der Waals surface area contributed by atoms with Crippen molar-refractivity contribution in [3.05, 3.63) is 11.1 Å². The van der Waals surface area contributed by atoms with E-state index in [0.717, 1.165) is 11.1 Å². The molecule has 0 radical (unpaired) electrons. The average Bonchev–Trinajstić information content (AvgIpc) is 1.97. The number of aliphatic hydroxyl groups excluding tert-OH is 1. The fraction of sp³-hybridized carbons (Fsp3) is 0.625. The number of aliphatic hydroxyl groups is 1. The van der Waals surface area contributed by atoms with Gasteiger partial charge in [-0.2, -0.15) is 0 Å². The van der Waals surface area contributed by atoms with E-state index in [1.165, 1.54) is 0 Å². The number of hydrogen-bond donors (Lipinski definition) is 2. The lowest BCUT2D eigenvalue weighted by Gasteiger charge is -2.23. The number of rotatable bonds is 0. The molecule has 1 aliphatic rings. The average molecular weight is 154 g/mol. The maximum atomic E-state index is 9.51. The van der Waals surface area contributed by atoms with Crippen molar-refractivity contribution >= 4 is 5.84 Å². The van der Waals surface area contributed by atoms with Crippen molar-refractivity contribution < 1.29 is 5.11 Å². The summed E-state index contributed by atoms with van der Waals surface area (Å²) in [6.45, 7) is 5.62. The van der Waals surface area contributed by atoms with Gasteiger partial charge in [-0.1, -0.05) is 0 Å². The summed E-state index contributed by atoms with van der Waals surface area (Å²) in [6, 6.07) is -0.0984. The molecule has 1 heterocycles. The largest absolute Gasteiger partial charge is 0.387 e. The molecule has 2 atom stereocenters. The second-order valence-corrected chi connectivity index (χ2v) is 3.01. The van der Waals surface area contributed by atoms with Gasteiger partial charge in [0.25, 0.3) is 0 Å². The molecular weight excluding hydrogens is 140 g/mol. The van der Waals surface area contributed by atoms with Crippen LogP contribution in [0.5, 0.6) is 0 Å². The van der Waals surface area contributed by atoms with Crippen LogP contribution in [0.25, 0.3) is 0 Å². The fourth-order valence-electron chi connectivity index (χ4n) is 1.17. The Bertz CT molecular complexity index is 230. The Balaban J connectivity index is 3.02. The van der Waals surface area contributed by atoms with Gasteiger partial charge in [-0.25, -0.2) is 0 Å². The van der Waals surface area contributed by atoms with Gasteiger partial charge in [0.1, 0.15) is 5.84 Å². The highest BCUT2D eigenvalue weighted by Crippen LogP contribution is 2.18. The second-order valence-electron chi connectivity index (χ2n) is 3.01. The van der Waals surface area contributed by atoms with Crippen LogP contribution in [0.4, 0.5) is 0 Å². The molecule has 3 heteroatoms. The van der Waals surface area contributed by atoms with E-state index in [1.54, 1.807) is 0 Å². The lowest BCUT2D eigenvalue weighted by atomic mass is 9.97. The summed E-state index contributed by atoms with van der Waals surface area (Å²) in [5, 5.41) is 9.51. The quantitative estimate of drug-likeness (QED) is 0.532. The van der Waals surface area contributed by atoms with E-state index in [1.807, 2.05) is 20.8 Å². The molecule has 0 aromatic rings. The van der Waals surface area contributed by atoms with Crippen LogP contribution in [-0.2, 0) is 0 Å². The molecule has 62 valence electrons. The van der Waals surface area contributed by atoms with Gasteiger partial charge in [0, 0.05) is 0 Å². The molecule has 2 unspecified atom stereocenters. The van der Waals surface area contributed by atoms with Gasteiger partial charge in [-0.3, -0.25) is 4.99 Å². The highest BCUT2D eigenvalue weighted by molar-refractivity contribution is 5.98. The summed E-state index contributed by atoms with van der Waals surface area (Å²) < 4.78 is 0. The smallest absolute Gasteiger partial charge is 0.121 e. The summed E-state index contributed by atoms with van der Waals surface area (Å²) in [7, 11) is 0. The van der Waals surface area contributed by atoms with E-state index < -0.39 is 6.10 Å². The van der Waals surface area contributed by atoms with Crippen LogP contribution in [0.3, 0.4) is 0 Å². The van der Waals surface area contributed by atoms with Crippen LogP contribution in [0, 0.1) is 0 Å². The van der Waals surface area contributed by atoms with E-state index in [0.29, 0.717) is 5.84 Å². The minimum Gasteiger partial charge on any atom is -0.387 e. The van der Waals surface area contributed by atoms with E-state index in [9.17, 15) is 5.11 Å². The molecule has 3 N–H and O–H groups in total. The third-order valence-electron chi connectivity index (χ3n) is 2.22. The minimum atomic E-state index is -0.456. The van der Waals surface area contributed by atoms with Gasteiger partial charge < -0.3 is 10.8 Å². The molecule has 0 bridgehead atoms. The number of hydrogen-bond acceptors (Lipinski definition) is 3. The fourth-order valence-corrected chi connectivity index (χ4v) is 1.17. The lowest BCUT2D eigenvalue weighted by Crippen LogP contribution is -2.33. The van der Waals surface area contributed by atoms with Crippen molar-refractivity contribution in [2.75, 3.05) is 0 Å². The summed E-state index contributed by atoms with van der Waals surface area (Å²) in [4.78, 5) is 4.08. The summed E-state index contributed by atoms with van der Waals surface area (Å²) in [5.41, 5.74) is 7.45. The van der Waals surface area contributed by atoms with Crippen molar-refractivity contribution in [1.82, 2.24) is 0 Å². The van der Waals surface area contributed by atoms with Gasteiger partial charge in [-0.05, 0) is 31.9 Å². The monoisotopic (exact) mass is 154 g/mol. The minimum absolute atomic E-state index is 0.0984. The van der Waals surface area contributed by atoms with Crippen molar-refractivity contribution in [3.8, 4) is 0 Å². The van der Waals surface area contributed by atoms with Gasteiger partial charge in [-0.15, -0.1) is 0 Å². The number of aliphatic imine (C=N–C) groups is 1. The summed E-state index contributed by atoms with van der Waals surface area (Å²) in [5.74, 6) is 0.556. The number of nitrogens with zero attached hydrogens (tertiary/aromatic N) is 1. The van der Waals surface area contributed by atoms with E-state index in [-0.39, 0.29) is 6.04 Å². The maximum absolute atomic E-state index is 9.51. The molecule has 0 fully saturated rings. The SMILES string of the molecule is CC1=C(C)C(O)C(C)N=C1N. The second kappa shape index (κ2) is 2.66. The maximum Gasteiger partial charge on any atom is 0.121 e. The molecule has 1 aliphatic heterocycles. The van der Waals surface area contributed by atoms with Crippen LogP contribution in [-0.4, -0.2) is 23.1 Å². The van der Waals surface area contributed by atoms with Crippen LogP contribution < -0.4 is 5.73 Å². The molecule has 0 amide bonds. The van der Waals surface area contributed by atoms with Crippen LogP contribution in [0.15, 0.2) is 16.1 Å². The zero-order chi connectivity index (χ0) is 8.59. The lowest BCUT2D eigenvalue weighted by molar-refractivity contribution is 0.184. The first-order valence-corrected chi connectivity index (χ1v) is 3.73. The first-order valence-electron chi connectivity index (χ1n) is 3.73. The first kappa shape index (κ1) is 8.27. The Labute approximate surface area is 66.6 Å².